The van der Waals surface area contributed by atoms with Crippen LogP contribution in [0.4, 0.5) is 0 Å². The first kappa shape index (κ1) is 15.4. The molecule has 0 amide bonds. The van der Waals surface area contributed by atoms with E-state index in [1.54, 1.807) is 6.07 Å². The van der Waals surface area contributed by atoms with E-state index in [0.717, 1.165) is 52.4 Å². The Kier molecular flexibility index (Phi) is 3.83. The number of hydrogen-bond acceptors (Lipinski definition) is 1. The van der Waals surface area contributed by atoms with Gasteiger partial charge in [0.25, 0.3) is 0 Å². The molecule has 1 aliphatic rings. The summed E-state index contributed by atoms with van der Waals surface area (Å²) in [7, 11) is 2.00. The van der Waals surface area contributed by atoms with E-state index in [-0.39, 0.29) is 35.3 Å². The average Bonchev–Trinajstić information content (AvgIpc) is 3.28. The van der Waals surface area contributed by atoms with Crippen molar-refractivity contribution in [2.24, 2.45) is 7.05 Å². The second-order valence-electron chi connectivity index (χ2n) is 9.03. The molecule has 0 spiro atoms. The zero-order chi connectivity index (χ0) is 26.8. The Morgan fingerprint density at radius 2 is 1.67 bits per heavy atom. The molecule has 5 aromatic rings. The first-order valence-corrected chi connectivity index (χ1v) is 11.7. The highest BCUT2D eigenvalue weighted by Crippen LogP contribution is 2.41. The second kappa shape index (κ2) is 8.19. The second-order valence-corrected chi connectivity index (χ2v) is 9.03. The summed E-state index contributed by atoms with van der Waals surface area (Å²) in [6.07, 6.45) is 5.88. The lowest BCUT2D eigenvalue weighted by atomic mass is 9.83. The van der Waals surface area contributed by atoms with Crippen LogP contribution in [0.25, 0.3) is 44.3 Å². The number of nitrogens with zero attached hydrogens (tertiary/aromatic N) is 1. The number of aromatic nitrogens is 1. The summed E-state index contributed by atoms with van der Waals surface area (Å²) < 4.78 is 53.3. The van der Waals surface area contributed by atoms with Crippen LogP contribution in [-0.2, 0) is 7.05 Å². The SMILES string of the molecule is [2H]c1c([2H])c(C2([2H])CCCCC2)c([2H])c([2H])c1-c1cccc2c1oc1c(-c3cccc[n+]3C)c(C)ccc12. The van der Waals surface area contributed by atoms with Crippen LogP contribution in [0.1, 0.15) is 56.0 Å². The van der Waals surface area contributed by atoms with E-state index in [4.69, 9.17) is 11.3 Å². The first-order valence-electron chi connectivity index (χ1n) is 14.2. The standard InChI is InChI=1S/C31H30NO/c1-21-14-19-27-26-12-8-11-25(24-17-15-23(16-18-24)22-9-4-3-5-10-22)30(26)33-31(27)29(21)28-13-6-7-20-32(28)2/h6-8,11-20,22H,3-5,9-10H2,1-2H3/q+1/i15D,16D,17D,18D,22D. The number of rotatable bonds is 3. The topological polar surface area (TPSA) is 17.0 Å². The Morgan fingerprint density at radius 3 is 2.45 bits per heavy atom. The molecule has 1 saturated carbocycles. The lowest BCUT2D eigenvalue weighted by Crippen LogP contribution is -2.30. The molecule has 0 unspecified atom stereocenters. The van der Waals surface area contributed by atoms with E-state index >= 15 is 0 Å². The molecule has 2 heteroatoms. The highest BCUT2D eigenvalue weighted by molar-refractivity contribution is 6.13. The van der Waals surface area contributed by atoms with Crippen molar-refractivity contribution >= 4 is 21.9 Å². The first-order chi connectivity index (χ1) is 18.2. The number of benzene rings is 3. The highest BCUT2D eigenvalue weighted by atomic mass is 16.3. The van der Waals surface area contributed by atoms with Gasteiger partial charge in [0.15, 0.2) is 6.20 Å². The predicted molar refractivity (Wildman–Crippen MR) is 136 cm³/mol. The zero-order valence-electron chi connectivity index (χ0n) is 24.1. The van der Waals surface area contributed by atoms with Gasteiger partial charge in [0, 0.05) is 29.8 Å². The van der Waals surface area contributed by atoms with Gasteiger partial charge in [-0.15, -0.1) is 0 Å². The Bertz CT molecular complexity index is 1700. The van der Waals surface area contributed by atoms with Crippen LogP contribution in [0.15, 0.2) is 83.3 Å². The van der Waals surface area contributed by atoms with Gasteiger partial charge in [-0.05, 0) is 48.4 Å². The molecule has 2 heterocycles. The molecule has 6 rings (SSSR count). The van der Waals surface area contributed by atoms with Gasteiger partial charge in [0.1, 0.15) is 18.2 Å². The Hall–Kier alpha value is -3.39. The molecule has 33 heavy (non-hydrogen) atoms. The summed E-state index contributed by atoms with van der Waals surface area (Å²) in [6, 6.07) is 15.4. The summed E-state index contributed by atoms with van der Waals surface area (Å²) in [5.41, 5.74) is 5.31. The van der Waals surface area contributed by atoms with Gasteiger partial charge >= 0.3 is 0 Å². The van der Waals surface area contributed by atoms with Crippen LogP contribution >= 0.6 is 0 Å². The third kappa shape index (κ3) is 3.45. The molecule has 3 aromatic carbocycles. The van der Waals surface area contributed by atoms with E-state index < -0.39 is 5.89 Å². The van der Waals surface area contributed by atoms with Crippen molar-refractivity contribution in [3.05, 3.63) is 90.0 Å². The highest BCUT2D eigenvalue weighted by Gasteiger charge is 2.21. The molecule has 0 aliphatic heterocycles. The number of furan rings is 1. The largest absolute Gasteiger partial charge is 0.454 e. The van der Waals surface area contributed by atoms with Gasteiger partial charge in [-0.25, -0.2) is 4.57 Å². The van der Waals surface area contributed by atoms with Gasteiger partial charge in [-0.2, -0.15) is 0 Å². The van der Waals surface area contributed by atoms with Crippen molar-refractivity contribution in [3.8, 4) is 22.4 Å². The minimum absolute atomic E-state index is 0.112. The van der Waals surface area contributed by atoms with Crippen molar-refractivity contribution in [1.29, 1.82) is 0 Å². The molecule has 1 fully saturated rings. The Balaban J connectivity index is 1.63. The van der Waals surface area contributed by atoms with E-state index in [2.05, 4.69) is 23.6 Å². The number of pyridine rings is 1. The van der Waals surface area contributed by atoms with Crippen molar-refractivity contribution in [2.45, 2.75) is 44.9 Å². The molecule has 0 saturated heterocycles. The summed E-state index contributed by atoms with van der Waals surface area (Å²) in [5.74, 6) is -1.08. The molecule has 0 bridgehead atoms. The Morgan fingerprint density at radius 1 is 0.879 bits per heavy atom. The summed E-state index contributed by atoms with van der Waals surface area (Å²) in [6.45, 7) is 2.05. The number of hydrogen-bond donors (Lipinski definition) is 0. The Labute approximate surface area is 202 Å². The fourth-order valence-electron chi connectivity index (χ4n) is 5.11. The molecule has 2 nitrogen and oxygen atoms in total. The quantitative estimate of drug-likeness (QED) is 0.261. The molecule has 2 aromatic heterocycles. The van der Waals surface area contributed by atoms with Gasteiger partial charge in [0.05, 0.1) is 11.0 Å². The molecule has 0 radical (unpaired) electrons. The van der Waals surface area contributed by atoms with Crippen LogP contribution in [0.5, 0.6) is 0 Å². The molecular weight excluding hydrogens is 402 g/mol. The monoisotopic (exact) mass is 437 g/mol. The van der Waals surface area contributed by atoms with Crippen molar-refractivity contribution in [1.82, 2.24) is 0 Å². The van der Waals surface area contributed by atoms with Gasteiger partial charge < -0.3 is 4.42 Å². The molecule has 0 N–H and O–H groups in total. The predicted octanol–water partition coefficient (Wildman–Crippen LogP) is 8.10. The summed E-state index contributed by atoms with van der Waals surface area (Å²) in [5, 5.41) is 1.80. The molecule has 0 atom stereocenters. The van der Waals surface area contributed by atoms with Gasteiger partial charge in [0.2, 0.25) is 5.69 Å². The minimum Gasteiger partial charge on any atom is -0.454 e. The van der Waals surface area contributed by atoms with Crippen molar-refractivity contribution in [3.63, 3.8) is 0 Å². The number of para-hydroxylation sites is 1. The fraction of sp³-hybridized carbons (Fsp3) is 0.258. The van der Waals surface area contributed by atoms with E-state index in [1.807, 2.05) is 43.6 Å². The maximum atomic E-state index is 9.03. The lowest BCUT2D eigenvalue weighted by molar-refractivity contribution is -0.660. The molecular formula is C31H30NO+. The van der Waals surface area contributed by atoms with E-state index in [0.29, 0.717) is 24.0 Å². The number of aryl methyl sites for hydroxylation is 2. The van der Waals surface area contributed by atoms with Crippen LogP contribution < -0.4 is 4.57 Å². The van der Waals surface area contributed by atoms with Crippen LogP contribution in [-0.4, -0.2) is 0 Å². The maximum absolute atomic E-state index is 9.03. The smallest absolute Gasteiger partial charge is 0.216 e. The van der Waals surface area contributed by atoms with Crippen LogP contribution in [0.3, 0.4) is 0 Å². The lowest BCUT2D eigenvalue weighted by Gasteiger charge is -2.22. The molecule has 1 aliphatic carbocycles. The van der Waals surface area contributed by atoms with E-state index in [1.165, 1.54) is 0 Å². The third-order valence-electron chi connectivity index (χ3n) is 6.89. The third-order valence-corrected chi connectivity index (χ3v) is 6.89. The maximum Gasteiger partial charge on any atom is 0.216 e. The minimum atomic E-state index is -1.08. The normalized spacial score (nSPS) is 17.9. The zero-order valence-corrected chi connectivity index (χ0v) is 19.1. The van der Waals surface area contributed by atoms with Crippen LogP contribution in [0, 0.1) is 6.92 Å². The van der Waals surface area contributed by atoms with Gasteiger partial charge in [-0.3, -0.25) is 0 Å². The number of fused-ring (bicyclic) bond motifs is 3. The van der Waals surface area contributed by atoms with Crippen LogP contribution in [0.2, 0.25) is 0 Å². The van der Waals surface area contributed by atoms with Crippen molar-refractivity contribution in [2.75, 3.05) is 0 Å². The van der Waals surface area contributed by atoms with Gasteiger partial charge in [-0.1, -0.05) is 73.8 Å². The van der Waals surface area contributed by atoms with E-state index in [9.17, 15) is 0 Å². The summed E-state index contributed by atoms with van der Waals surface area (Å²) in [4.78, 5) is 0. The fourth-order valence-corrected chi connectivity index (χ4v) is 5.11. The molecule has 164 valence electrons. The summed E-state index contributed by atoms with van der Waals surface area (Å²) >= 11 is 0. The average molecular weight is 438 g/mol. The van der Waals surface area contributed by atoms with Crippen molar-refractivity contribution < 1.29 is 15.8 Å².